The van der Waals surface area contributed by atoms with Crippen LogP contribution in [0.5, 0.6) is 0 Å². The van der Waals surface area contributed by atoms with Crippen LogP contribution in [0.2, 0.25) is 0 Å². The van der Waals surface area contributed by atoms with Crippen LogP contribution in [0.25, 0.3) is 0 Å². The highest BCUT2D eigenvalue weighted by Gasteiger charge is 2.25. The van der Waals surface area contributed by atoms with E-state index in [1.165, 1.54) is 19.3 Å². The summed E-state index contributed by atoms with van der Waals surface area (Å²) in [4.78, 5) is 56.7. The first-order chi connectivity index (χ1) is 19.5. The van der Waals surface area contributed by atoms with E-state index in [0.717, 1.165) is 25.3 Å². The van der Waals surface area contributed by atoms with Gasteiger partial charge in [-0.15, -0.1) is 0 Å². The van der Waals surface area contributed by atoms with E-state index in [9.17, 15) is 34.5 Å². The van der Waals surface area contributed by atoms with Crippen molar-refractivity contribution in [2.45, 2.75) is 52.0 Å². The van der Waals surface area contributed by atoms with Crippen molar-refractivity contribution in [3.05, 3.63) is 0 Å². The fourth-order valence-corrected chi connectivity index (χ4v) is 5.39. The third kappa shape index (κ3) is 15.5. The van der Waals surface area contributed by atoms with Crippen molar-refractivity contribution in [1.29, 1.82) is 0 Å². The second-order valence-electron chi connectivity index (χ2n) is 11.8. The number of hydrogen-bond donors (Lipinski definition) is 4. The molecule has 0 radical (unpaired) electrons. The largest absolute Gasteiger partial charge is 0.480 e. The van der Waals surface area contributed by atoms with Crippen LogP contribution < -0.4 is 5.32 Å². The average Bonchev–Trinajstić information content (AvgIpc) is 2.89. The summed E-state index contributed by atoms with van der Waals surface area (Å²) < 4.78 is 0. The first-order valence-corrected chi connectivity index (χ1v) is 15.1. The zero-order valence-corrected chi connectivity index (χ0v) is 25.0. The van der Waals surface area contributed by atoms with E-state index in [0.29, 0.717) is 71.5 Å². The molecule has 41 heavy (non-hydrogen) atoms. The normalized spacial score (nSPS) is 20.0. The summed E-state index contributed by atoms with van der Waals surface area (Å²) in [6.45, 7) is 9.67. The second-order valence-corrected chi connectivity index (χ2v) is 11.8. The van der Waals surface area contributed by atoms with Gasteiger partial charge < -0.3 is 25.5 Å². The number of rotatable bonds is 14. The molecular weight excluding hydrogens is 532 g/mol. The summed E-state index contributed by atoms with van der Waals surface area (Å²) in [6, 6.07) is 0.426. The highest BCUT2D eigenvalue weighted by Crippen LogP contribution is 2.12. The van der Waals surface area contributed by atoms with Gasteiger partial charge in [0.1, 0.15) is 0 Å². The number of carboxylic acid groups (broad SMARTS) is 3. The Morgan fingerprint density at radius 3 is 1.39 bits per heavy atom. The zero-order valence-electron chi connectivity index (χ0n) is 25.0. The van der Waals surface area contributed by atoms with Gasteiger partial charge in [0.05, 0.1) is 26.2 Å². The number of unbranched alkanes of at least 4 members (excludes halogenated alkanes) is 1. The van der Waals surface area contributed by atoms with Gasteiger partial charge in [-0.05, 0) is 31.7 Å². The molecule has 0 bridgehead atoms. The topological polar surface area (TPSA) is 157 Å². The Kier molecular flexibility index (Phi) is 16.1. The minimum absolute atomic E-state index is 0.0367. The molecule has 0 spiro atoms. The van der Waals surface area contributed by atoms with Gasteiger partial charge in [0.2, 0.25) is 5.91 Å². The van der Waals surface area contributed by atoms with Gasteiger partial charge >= 0.3 is 17.9 Å². The molecular formula is C28H52N6O7. The van der Waals surface area contributed by atoms with E-state index in [2.05, 4.69) is 19.2 Å². The van der Waals surface area contributed by atoms with E-state index >= 15 is 0 Å². The molecule has 2 rings (SSSR count). The van der Waals surface area contributed by atoms with Crippen LogP contribution in [0, 0.1) is 5.92 Å². The van der Waals surface area contributed by atoms with E-state index in [4.69, 9.17) is 0 Å². The molecule has 236 valence electrons. The maximum Gasteiger partial charge on any atom is 0.317 e. The Balaban J connectivity index is 1.95. The van der Waals surface area contributed by atoms with Crippen molar-refractivity contribution in [3.8, 4) is 0 Å². The number of amides is 1. The predicted molar refractivity (Wildman–Crippen MR) is 155 cm³/mol. The van der Waals surface area contributed by atoms with Crippen molar-refractivity contribution < 1.29 is 34.5 Å². The van der Waals surface area contributed by atoms with Crippen LogP contribution in [0.1, 0.15) is 46.0 Å². The van der Waals surface area contributed by atoms with Crippen LogP contribution in [0.4, 0.5) is 0 Å². The van der Waals surface area contributed by atoms with Crippen LogP contribution in [0.15, 0.2) is 0 Å². The quantitative estimate of drug-likeness (QED) is 0.201. The lowest BCUT2D eigenvalue weighted by atomic mass is 10.0. The van der Waals surface area contributed by atoms with Crippen molar-refractivity contribution in [2.75, 3.05) is 98.2 Å². The molecule has 0 aromatic carbocycles. The molecule has 0 saturated carbocycles. The number of hydrogen-bond acceptors (Lipinski definition) is 9. The molecule has 2 saturated heterocycles. The van der Waals surface area contributed by atoms with E-state index in [-0.39, 0.29) is 32.1 Å². The summed E-state index contributed by atoms with van der Waals surface area (Å²) >= 11 is 0. The average molecular weight is 585 g/mol. The third-order valence-corrected chi connectivity index (χ3v) is 7.85. The molecule has 0 aromatic heterocycles. The van der Waals surface area contributed by atoms with Gasteiger partial charge in [-0.3, -0.25) is 38.8 Å². The first-order valence-electron chi connectivity index (χ1n) is 15.1. The summed E-state index contributed by atoms with van der Waals surface area (Å²) in [6.07, 6.45) is 5.48. The molecule has 2 aliphatic rings. The zero-order chi connectivity index (χ0) is 30.2. The molecule has 2 heterocycles. The molecule has 0 atom stereocenters. The molecule has 1 amide bonds. The van der Waals surface area contributed by atoms with Gasteiger partial charge in [0.25, 0.3) is 0 Å². The van der Waals surface area contributed by atoms with Gasteiger partial charge in [-0.1, -0.05) is 26.7 Å². The molecule has 2 fully saturated rings. The van der Waals surface area contributed by atoms with Gasteiger partial charge in [0, 0.05) is 71.5 Å². The second kappa shape index (κ2) is 19.0. The lowest BCUT2D eigenvalue weighted by molar-refractivity contribution is -0.140. The molecule has 13 nitrogen and oxygen atoms in total. The minimum Gasteiger partial charge on any atom is -0.480 e. The smallest absolute Gasteiger partial charge is 0.317 e. The fourth-order valence-electron chi connectivity index (χ4n) is 5.39. The van der Waals surface area contributed by atoms with E-state index in [1.807, 2.05) is 9.80 Å². The van der Waals surface area contributed by atoms with Gasteiger partial charge in [-0.25, -0.2) is 0 Å². The molecule has 13 heteroatoms. The Hall–Kier alpha value is -2.32. The molecule has 0 unspecified atom stereocenters. The molecule has 0 aliphatic carbocycles. The Morgan fingerprint density at radius 2 is 1.02 bits per heavy atom. The van der Waals surface area contributed by atoms with E-state index < -0.39 is 17.9 Å². The molecule has 4 N–H and O–H groups in total. The summed E-state index contributed by atoms with van der Waals surface area (Å²) in [5, 5.41) is 31.7. The summed E-state index contributed by atoms with van der Waals surface area (Å²) in [5.74, 6) is -2.15. The number of carbonyl (C=O) groups excluding carboxylic acids is 1. The monoisotopic (exact) mass is 584 g/mol. The Bertz CT molecular complexity index is 790. The lowest BCUT2D eigenvalue weighted by Gasteiger charge is -2.35. The third-order valence-electron chi connectivity index (χ3n) is 7.85. The van der Waals surface area contributed by atoms with Crippen LogP contribution in [0.3, 0.4) is 0 Å². The fraction of sp³-hybridized carbons (Fsp3) is 0.857. The van der Waals surface area contributed by atoms with Crippen molar-refractivity contribution in [3.63, 3.8) is 0 Å². The van der Waals surface area contributed by atoms with E-state index in [1.54, 1.807) is 14.7 Å². The Morgan fingerprint density at radius 1 is 0.634 bits per heavy atom. The van der Waals surface area contributed by atoms with Crippen LogP contribution >= 0.6 is 0 Å². The number of aliphatic carboxylic acids is 3. The number of carbonyl (C=O) groups is 4. The molecule has 0 aromatic rings. The summed E-state index contributed by atoms with van der Waals surface area (Å²) in [5.41, 5.74) is 0. The number of likely N-dealkylation sites (tertiary alicyclic amines) is 1. The Labute approximate surface area is 244 Å². The van der Waals surface area contributed by atoms with Crippen molar-refractivity contribution in [2.24, 2.45) is 5.92 Å². The lowest BCUT2D eigenvalue weighted by Crippen LogP contribution is -2.51. The predicted octanol–water partition coefficient (Wildman–Crippen LogP) is -0.131. The SMILES string of the molecule is CC(C)CCCCNC1CCN(C(=O)CN2CCN(CC(=O)O)CCN(CC(=O)O)CCN(CC(=O)O)CC2)CC1. The standard InChI is InChI=1S/C28H52N6O7/c1-23(2)5-3-4-8-29-24-6-9-34(10-7-24)25(35)19-30-11-13-31(20-26(36)37)15-17-33(22-28(40)41)18-16-32(14-12-30)21-27(38)39/h23-24,29H,3-22H2,1-2H3,(H,36,37)(H,38,39)(H,40,41). The van der Waals surface area contributed by atoms with Gasteiger partial charge in [0.15, 0.2) is 0 Å². The number of carboxylic acids is 3. The van der Waals surface area contributed by atoms with Gasteiger partial charge in [-0.2, -0.15) is 0 Å². The first kappa shape index (κ1) is 34.9. The molecule has 2 aliphatic heterocycles. The maximum absolute atomic E-state index is 13.3. The van der Waals surface area contributed by atoms with Crippen LogP contribution in [-0.4, -0.2) is 168 Å². The van der Waals surface area contributed by atoms with Crippen LogP contribution in [-0.2, 0) is 19.2 Å². The highest BCUT2D eigenvalue weighted by molar-refractivity contribution is 5.78. The van der Waals surface area contributed by atoms with Crippen molar-refractivity contribution >= 4 is 23.8 Å². The van der Waals surface area contributed by atoms with Crippen molar-refractivity contribution in [1.82, 2.24) is 29.8 Å². The highest BCUT2D eigenvalue weighted by atomic mass is 16.4. The summed E-state index contributed by atoms with van der Waals surface area (Å²) in [7, 11) is 0. The number of nitrogens with one attached hydrogen (secondary N) is 1. The number of nitrogens with zero attached hydrogens (tertiary/aromatic N) is 5. The number of piperidine rings is 1. The minimum atomic E-state index is -0.988. The maximum atomic E-state index is 13.3.